The minimum Gasteiger partial charge on any atom is -0.494 e. The van der Waals surface area contributed by atoms with E-state index in [0.29, 0.717) is 19.4 Å². The summed E-state index contributed by atoms with van der Waals surface area (Å²) >= 11 is 4.12. The van der Waals surface area contributed by atoms with Gasteiger partial charge in [-0.1, -0.05) is 12.2 Å². The fourth-order valence-electron chi connectivity index (χ4n) is 1.97. The summed E-state index contributed by atoms with van der Waals surface area (Å²) in [5, 5.41) is 19.9. The van der Waals surface area contributed by atoms with E-state index in [2.05, 4.69) is 12.6 Å². The van der Waals surface area contributed by atoms with Gasteiger partial charge < -0.3 is 10.2 Å². The summed E-state index contributed by atoms with van der Waals surface area (Å²) in [6.07, 6.45) is 6.30. The second-order valence-corrected chi connectivity index (χ2v) is 4.16. The quantitative estimate of drug-likeness (QED) is 0.543. The van der Waals surface area contributed by atoms with E-state index in [0.717, 1.165) is 23.3 Å². The van der Waals surface area contributed by atoms with Gasteiger partial charge in [-0.2, -0.15) is 12.6 Å². The lowest BCUT2D eigenvalue weighted by Gasteiger charge is -2.05. The first-order valence-corrected chi connectivity index (χ1v) is 5.77. The van der Waals surface area contributed by atoms with Crippen LogP contribution in [0.4, 0.5) is 0 Å². The molecule has 1 heterocycles. The number of hydrogen-bond acceptors (Lipinski definition) is 3. The van der Waals surface area contributed by atoms with Gasteiger partial charge in [0.2, 0.25) is 0 Å². The van der Waals surface area contributed by atoms with E-state index >= 15 is 0 Å². The standard InChI is InChI=1S/C11H15NO2S/c13-10-8-4-1-2-5-9(8)11(14)12(10)6-3-7-15/h1-2,13-15H,3-7H2. The van der Waals surface area contributed by atoms with E-state index in [4.69, 9.17) is 0 Å². The monoisotopic (exact) mass is 225 g/mol. The Hall–Kier alpha value is -1.03. The van der Waals surface area contributed by atoms with Gasteiger partial charge in [0.05, 0.1) is 0 Å². The van der Waals surface area contributed by atoms with Crippen LogP contribution in [0.15, 0.2) is 12.2 Å². The molecule has 0 fully saturated rings. The molecule has 2 N–H and O–H groups in total. The molecule has 0 aromatic carbocycles. The predicted molar refractivity (Wildman–Crippen MR) is 62.8 cm³/mol. The third kappa shape index (κ3) is 1.74. The van der Waals surface area contributed by atoms with Crippen LogP contribution in [-0.4, -0.2) is 20.5 Å². The first-order valence-electron chi connectivity index (χ1n) is 5.13. The van der Waals surface area contributed by atoms with Crippen LogP contribution in [0.3, 0.4) is 0 Å². The largest absolute Gasteiger partial charge is 0.494 e. The van der Waals surface area contributed by atoms with Crippen molar-refractivity contribution < 1.29 is 10.2 Å². The number of thiol groups is 1. The summed E-state index contributed by atoms with van der Waals surface area (Å²) in [5.41, 5.74) is 1.74. The Morgan fingerprint density at radius 1 is 1.13 bits per heavy atom. The molecule has 0 saturated heterocycles. The van der Waals surface area contributed by atoms with E-state index < -0.39 is 0 Å². The van der Waals surface area contributed by atoms with E-state index in [1.54, 1.807) is 4.57 Å². The van der Waals surface area contributed by atoms with Crippen LogP contribution in [0, 0.1) is 0 Å². The highest BCUT2D eigenvalue weighted by Crippen LogP contribution is 2.36. The van der Waals surface area contributed by atoms with Crippen molar-refractivity contribution in [3.63, 3.8) is 0 Å². The summed E-state index contributed by atoms with van der Waals surface area (Å²) in [6.45, 7) is 0.619. The number of aromatic nitrogens is 1. The Labute approximate surface area is 94.5 Å². The maximum Gasteiger partial charge on any atom is 0.197 e. The molecule has 0 aliphatic heterocycles. The maximum absolute atomic E-state index is 9.93. The number of fused-ring (bicyclic) bond motifs is 1. The molecule has 1 aromatic rings. The molecule has 4 heteroatoms. The summed E-state index contributed by atoms with van der Waals surface area (Å²) in [6, 6.07) is 0. The average Bonchev–Trinajstić information content (AvgIpc) is 2.51. The normalized spacial score (nSPS) is 14.2. The lowest BCUT2D eigenvalue weighted by Crippen LogP contribution is -1.97. The van der Waals surface area contributed by atoms with Crippen LogP contribution in [-0.2, 0) is 19.4 Å². The zero-order chi connectivity index (χ0) is 10.8. The molecule has 2 rings (SSSR count). The number of nitrogens with zero attached hydrogens (tertiary/aromatic N) is 1. The summed E-state index contributed by atoms with van der Waals surface area (Å²) in [5.74, 6) is 1.18. The van der Waals surface area contributed by atoms with Crippen LogP contribution in [0.5, 0.6) is 11.8 Å². The second kappa shape index (κ2) is 4.23. The Bertz CT molecular complexity index is 364. The molecular formula is C11H15NO2S. The molecule has 0 unspecified atom stereocenters. The fourth-order valence-corrected chi connectivity index (χ4v) is 2.11. The van der Waals surface area contributed by atoms with Crippen LogP contribution in [0.1, 0.15) is 17.5 Å². The van der Waals surface area contributed by atoms with Gasteiger partial charge in [-0.3, -0.25) is 4.57 Å². The molecule has 0 radical (unpaired) electrons. The number of aromatic hydroxyl groups is 2. The third-order valence-corrected chi connectivity index (χ3v) is 3.08. The molecule has 0 saturated carbocycles. The van der Waals surface area contributed by atoms with E-state index in [1.807, 2.05) is 12.2 Å². The van der Waals surface area contributed by atoms with Crippen molar-refractivity contribution in [1.29, 1.82) is 0 Å². The van der Waals surface area contributed by atoms with Crippen LogP contribution >= 0.6 is 12.6 Å². The van der Waals surface area contributed by atoms with Crippen LogP contribution < -0.4 is 0 Å². The van der Waals surface area contributed by atoms with Crippen molar-refractivity contribution in [3.8, 4) is 11.8 Å². The average molecular weight is 225 g/mol. The minimum atomic E-state index is 0.216. The zero-order valence-corrected chi connectivity index (χ0v) is 9.37. The van der Waals surface area contributed by atoms with E-state index in [1.165, 1.54) is 0 Å². The summed E-state index contributed by atoms with van der Waals surface area (Å²) in [4.78, 5) is 0. The highest BCUT2D eigenvalue weighted by atomic mass is 32.1. The lowest BCUT2D eigenvalue weighted by atomic mass is 10.0. The molecule has 82 valence electrons. The van der Waals surface area contributed by atoms with Gasteiger partial charge in [0.25, 0.3) is 0 Å². The first kappa shape index (κ1) is 10.5. The number of hydrogen-bond donors (Lipinski definition) is 3. The maximum atomic E-state index is 9.93. The summed E-state index contributed by atoms with van der Waals surface area (Å²) in [7, 11) is 0. The molecule has 1 aliphatic carbocycles. The van der Waals surface area contributed by atoms with Crippen LogP contribution in [0.25, 0.3) is 0 Å². The highest BCUT2D eigenvalue weighted by molar-refractivity contribution is 7.80. The molecule has 15 heavy (non-hydrogen) atoms. The Balaban J connectivity index is 2.35. The fraction of sp³-hybridized carbons (Fsp3) is 0.455. The smallest absolute Gasteiger partial charge is 0.197 e. The minimum absolute atomic E-state index is 0.216. The Kier molecular flexibility index (Phi) is 2.95. The van der Waals surface area contributed by atoms with Gasteiger partial charge in [0.15, 0.2) is 11.8 Å². The molecule has 1 aromatic heterocycles. The molecule has 0 bridgehead atoms. The number of allylic oxidation sites excluding steroid dienone is 2. The molecule has 1 aliphatic rings. The molecular weight excluding hydrogens is 210 g/mol. The second-order valence-electron chi connectivity index (χ2n) is 3.71. The van der Waals surface area contributed by atoms with Gasteiger partial charge in [0.1, 0.15) is 0 Å². The van der Waals surface area contributed by atoms with Gasteiger partial charge in [-0.15, -0.1) is 0 Å². The SMILES string of the molecule is Oc1c2c(c(O)n1CCCS)CC=CC2. The van der Waals surface area contributed by atoms with Gasteiger partial charge in [0, 0.05) is 17.7 Å². The van der Waals surface area contributed by atoms with Crippen molar-refractivity contribution in [2.24, 2.45) is 0 Å². The third-order valence-electron chi connectivity index (χ3n) is 2.77. The van der Waals surface area contributed by atoms with Gasteiger partial charge >= 0.3 is 0 Å². The molecule has 0 spiro atoms. The molecule has 3 nitrogen and oxygen atoms in total. The van der Waals surface area contributed by atoms with E-state index in [-0.39, 0.29) is 11.8 Å². The van der Waals surface area contributed by atoms with Gasteiger partial charge in [-0.05, 0) is 25.0 Å². The van der Waals surface area contributed by atoms with Crippen molar-refractivity contribution in [1.82, 2.24) is 4.57 Å². The van der Waals surface area contributed by atoms with Crippen molar-refractivity contribution in [2.45, 2.75) is 25.8 Å². The summed E-state index contributed by atoms with van der Waals surface area (Å²) < 4.78 is 1.58. The van der Waals surface area contributed by atoms with Crippen molar-refractivity contribution in [2.75, 3.05) is 5.75 Å². The predicted octanol–water partition coefficient (Wildman–Crippen LogP) is 1.87. The van der Waals surface area contributed by atoms with Crippen molar-refractivity contribution >= 4 is 12.6 Å². The number of rotatable bonds is 3. The van der Waals surface area contributed by atoms with Gasteiger partial charge in [-0.25, -0.2) is 0 Å². The zero-order valence-electron chi connectivity index (χ0n) is 8.48. The topological polar surface area (TPSA) is 45.4 Å². The highest BCUT2D eigenvalue weighted by Gasteiger charge is 2.21. The molecule has 0 amide bonds. The molecule has 0 atom stereocenters. The lowest BCUT2D eigenvalue weighted by molar-refractivity contribution is 0.364. The Morgan fingerprint density at radius 3 is 2.13 bits per heavy atom. The van der Waals surface area contributed by atoms with Crippen LogP contribution in [0.2, 0.25) is 0 Å². The van der Waals surface area contributed by atoms with Crippen molar-refractivity contribution in [3.05, 3.63) is 23.3 Å². The van der Waals surface area contributed by atoms with E-state index in [9.17, 15) is 10.2 Å². The Morgan fingerprint density at radius 2 is 1.67 bits per heavy atom. The first-order chi connectivity index (χ1) is 7.25.